The number of carbonyl (C=O) groups excluding carboxylic acids is 2. The largest absolute Gasteiger partial charge is 0.447 e. The van der Waals surface area contributed by atoms with Gasteiger partial charge in [0.2, 0.25) is 0 Å². The first-order chi connectivity index (χ1) is 19.0. The standard InChI is InChI=1S/C15H14N4OS.C9H11NO3.C4H9N/c1-11-9-12(4-5-16-11)10-19-7-2-3-13(19)14(20)18-15-17-6-8-21-15;11-6-7-13-9(12)10-8-4-2-1-3-5-8;1-2-4-5-3-1/h2-9H,10H2,1H3,(H,17,18,20);1-5,11H,6-7H2,(H,10,12);5H,1-4H2. The van der Waals surface area contributed by atoms with E-state index in [9.17, 15) is 9.59 Å². The Morgan fingerprint density at radius 3 is 2.49 bits per heavy atom. The van der Waals surface area contributed by atoms with E-state index in [1.807, 2.05) is 59.5 Å². The number of aromatic nitrogens is 3. The van der Waals surface area contributed by atoms with Crippen LogP contribution in [0.5, 0.6) is 0 Å². The van der Waals surface area contributed by atoms with Crippen LogP contribution >= 0.6 is 11.3 Å². The van der Waals surface area contributed by atoms with Crippen molar-refractivity contribution in [1.29, 1.82) is 0 Å². The van der Waals surface area contributed by atoms with Gasteiger partial charge in [-0.25, -0.2) is 9.78 Å². The van der Waals surface area contributed by atoms with Gasteiger partial charge >= 0.3 is 6.09 Å². The molecule has 1 saturated heterocycles. The predicted octanol–water partition coefficient (Wildman–Crippen LogP) is 4.55. The maximum Gasteiger partial charge on any atom is 0.411 e. The van der Waals surface area contributed by atoms with E-state index < -0.39 is 6.09 Å². The van der Waals surface area contributed by atoms with E-state index in [1.165, 1.54) is 37.3 Å². The van der Waals surface area contributed by atoms with Crippen LogP contribution in [0.1, 0.15) is 34.6 Å². The molecule has 4 N–H and O–H groups in total. The van der Waals surface area contributed by atoms with Gasteiger partial charge in [0, 0.05) is 41.9 Å². The molecule has 4 heterocycles. The number of aryl methyl sites for hydroxylation is 1. The molecule has 1 aromatic carbocycles. The number of hydrogen-bond donors (Lipinski definition) is 4. The highest BCUT2D eigenvalue weighted by atomic mass is 32.1. The molecule has 3 aromatic heterocycles. The quantitative estimate of drug-likeness (QED) is 0.266. The maximum atomic E-state index is 12.3. The van der Waals surface area contributed by atoms with Crippen molar-refractivity contribution in [3.63, 3.8) is 0 Å². The first-order valence-corrected chi connectivity index (χ1v) is 13.5. The van der Waals surface area contributed by atoms with Crippen LogP contribution in [0, 0.1) is 6.92 Å². The lowest BCUT2D eigenvalue weighted by atomic mass is 10.2. The van der Waals surface area contributed by atoms with E-state index in [1.54, 1.807) is 30.6 Å². The van der Waals surface area contributed by atoms with Gasteiger partial charge in [-0.05, 0) is 74.8 Å². The predicted molar refractivity (Wildman–Crippen MR) is 153 cm³/mol. The highest BCUT2D eigenvalue weighted by Crippen LogP contribution is 2.14. The van der Waals surface area contributed by atoms with Crippen LogP contribution in [-0.2, 0) is 11.3 Å². The number of nitrogens with zero attached hydrogens (tertiary/aromatic N) is 3. The first kappa shape index (κ1) is 29.5. The Hall–Kier alpha value is -4.06. The minimum Gasteiger partial charge on any atom is -0.447 e. The molecule has 4 aromatic rings. The number of nitrogens with one attached hydrogen (secondary N) is 3. The summed E-state index contributed by atoms with van der Waals surface area (Å²) < 4.78 is 6.51. The number of para-hydroxylation sites is 1. The molecule has 0 radical (unpaired) electrons. The van der Waals surface area contributed by atoms with Crippen molar-refractivity contribution in [3.05, 3.63) is 95.5 Å². The summed E-state index contributed by atoms with van der Waals surface area (Å²) in [5.74, 6) is -0.152. The minimum atomic E-state index is -0.555. The molecule has 0 unspecified atom stereocenters. The van der Waals surface area contributed by atoms with E-state index in [0.29, 0.717) is 23.1 Å². The zero-order chi connectivity index (χ0) is 27.7. The molecule has 2 amide bonds. The molecule has 1 aliphatic heterocycles. The van der Waals surface area contributed by atoms with Crippen molar-refractivity contribution in [2.75, 3.05) is 36.9 Å². The summed E-state index contributed by atoms with van der Waals surface area (Å²) in [6.07, 6.45) is 7.56. The van der Waals surface area contributed by atoms with Crippen LogP contribution < -0.4 is 16.0 Å². The number of benzene rings is 1. The van der Waals surface area contributed by atoms with Crippen molar-refractivity contribution in [2.45, 2.75) is 26.3 Å². The van der Waals surface area contributed by atoms with Gasteiger partial charge < -0.3 is 19.7 Å². The Labute approximate surface area is 232 Å². The average molecular weight is 551 g/mol. The Balaban J connectivity index is 0.000000197. The molecule has 0 aliphatic carbocycles. The zero-order valence-corrected chi connectivity index (χ0v) is 22.7. The molecule has 0 bridgehead atoms. The van der Waals surface area contributed by atoms with Crippen LogP contribution in [0.25, 0.3) is 0 Å². The molecule has 0 atom stereocenters. The smallest absolute Gasteiger partial charge is 0.411 e. The van der Waals surface area contributed by atoms with E-state index in [0.717, 1.165) is 11.3 Å². The second-order valence-electron chi connectivity index (χ2n) is 8.43. The topological polar surface area (TPSA) is 130 Å². The van der Waals surface area contributed by atoms with E-state index in [4.69, 9.17) is 5.11 Å². The lowest BCUT2D eigenvalue weighted by molar-refractivity contribution is 0.101. The van der Waals surface area contributed by atoms with Gasteiger partial charge in [-0.1, -0.05) is 18.2 Å². The maximum absolute atomic E-state index is 12.3. The Morgan fingerprint density at radius 1 is 1.05 bits per heavy atom. The van der Waals surface area contributed by atoms with E-state index >= 15 is 0 Å². The second-order valence-corrected chi connectivity index (χ2v) is 9.32. The lowest BCUT2D eigenvalue weighted by Gasteiger charge is -2.09. The van der Waals surface area contributed by atoms with Gasteiger partial charge in [0.25, 0.3) is 5.91 Å². The molecule has 11 heteroatoms. The van der Waals surface area contributed by atoms with Gasteiger partial charge in [-0.2, -0.15) is 0 Å². The molecule has 10 nitrogen and oxygen atoms in total. The summed E-state index contributed by atoms with van der Waals surface area (Å²) in [6.45, 7) is 4.94. The SMILES string of the molecule is C1CCNC1.Cc1cc(Cn2cccc2C(=O)Nc2nccs2)ccn1.O=C(Nc1ccccc1)OCCO. The Morgan fingerprint density at radius 2 is 1.85 bits per heavy atom. The number of thiazole rings is 1. The first-order valence-electron chi connectivity index (χ1n) is 12.6. The van der Waals surface area contributed by atoms with Crippen LogP contribution in [0.3, 0.4) is 0 Å². The fourth-order valence-corrected chi connectivity index (χ4v) is 4.07. The number of pyridine rings is 1. The van der Waals surface area contributed by atoms with Gasteiger partial charge in [-0.3, -0.25) is 20.4 Å². The van der Waals surface area contributed by atoms with Gasteiger partial charge in [0.15, 0.2) is 5.13 Å². The third-order valence-electron chi connectivity index (χ3n) is 5.33. The Kier molecular flexibility index (Phi) is 12.6. The number of ether oxygens (including phenoxy) is 1. The molecular weight excluding hydrogens is 516 g/mol. The molecule has 1 aliphatic rings. The molecule has 5 rings (SSSR count). The van der Waals surface area contributed by atoms with Gasteiger partial charge in [-0.15, -0.1) is 11.3 Å². The number of anilines is 2. The van der Waals surface area contributed by atoms with E-state index in [2.05, 4.69) is 30.7 Å². The van der Waals surface area contributed by atoms with Crippen molar-refractivity contribution < 1.29 is 19.4 Å². The van der Waals surface area contributed by atoms with Crippen LogP contribution in [-0.4, -0.2) is 57.9 Å². The number of carbonyl (C=O) groups is 2. The summed E-state index contributed by atoms with van der Waals surface area (Å²) in [6, 6.07) is 16.6. The second kappa shape index (κ2) is 16.7. The van der Waals surface area contributed by atoms with Gasteiger partial charge in [0.1, 0.15) is 12.3 Å². The minimum absolute atomic E-state index is 0.0126. The lowest BCUT2D eigenvalue weighted by Crippen LogP contribution is -2.17. The molecule has 39 heavy (non-hydrogen) atoms. The summed E-state index contributed by atoms with van der Waals surface area (Å²) in [4.78, 5) is 31.4. The summed E-state index contributed by atoms with van der Waals surface area (Å²) in [5, 5.41) is 19.3. The summed E-state index contributed by atoms with van der Waals surface area (Å²) in [5.41, 5.74) is 3.36. The fraction of sp³-hybridized carbons (Fsp3) is 0.286. The normalized spacial score (nSPS) is 11.8. The van der Waals surface area contributed by atoms with Crippen LogP contribution in [0.15, 0.2) is 78.6 Å². The summed E-state index contributed by atoms with van der Waals surface area (Å²) >= 11 is 1.40. The summed E-state index contributed by atoms with van der Waals surface area (Å²) in [7, 11) is 0. The average Bonchev–Trinajstić information content (AvgIpc) is 3.74. The molecule has 0 saturated carbocycles. The molecule has 0 spiro atoms. The van der Waals surface area contributed by atoms with Crippen molar-refractivity contribution in [2.24, 2.45) is 0 Å². The van der Waals surface area contributed by atoms with Crippen LogP contribution in [0.2, 0.25) is 0 Å². The number of amides is 2. The monoisotopic (exact) mass is 550 g/mol. The highest BCUT2D eigenvalue weighted by Gasteiger charge is 2.12. The van der Waals surface area contributed by atoms with Crippen molar-refractivity contribution in [1.82, 2.24) is 19.9 Å². The van der Waals surface area contributed by atoms with Gasteiger partial charge in [0.05, 0.1) is 6.61 Å². The number of hydrogen-bond acceptors (Lipinski definition) is 8. The third-order valence-corrected chi connectivity index (χ3v) is 6.02. The number of aliphatic hydroxyl groups excluding tert-OH is 1. The van der Waals surface area contributed by atoms with Crippen LogP contribution in [0.4, 0.5) is 15.6 Å². The van der Waals surface area contributed by atoms with Crippen molar-refractivity contribution >= 4 is 34.2 Å². The number of aliphatic hydroxyl groups is 1. The molecular formula is C28H34N6O4S. The number of rotatable bonds is 7. The highest BCUT2D eigenvalue weighted by molar-refractivity contribution is 7.13. The fourth-order valence-electron chi connectivity index (χ4n) is 3.54. The third kappa shape index (κ3) is 11.1. The van der Waals surface area contributed by atoms with E-state index in [-0.39, 0.29) is 19.1 Å². The molecule has 1 fully saturated rings. The van der Waals surface area contributed by atoms with Crippen molar-refractivity contribution in [3.8, 4) is 0 Å². The Bertz CT molecular complexity index is 1250. The molecule has 206 valence electrons. The zero-order valence-electron chi connectivity index (χ0n) is 21.9.